The molecule has 0 aromatic heterocycles. The van der Waals surface area contributed by atoms with Crippen molar-refractivity contribution in [2.75, 3.05) is 0 Å². The van der Waals surface area contributed by atoms with Crippen LogP contribution in [0, 0.1) is 0 Å². The highest BCUT2D eigenvalue weighted by Crippen LogP contribution is 2.21. The zero-order valence-electron chi connectivity index (χ0n) is 35.1. The van der Waals surface area contributed by atoms with Crippen molar-refractivity contribution < 1.29 is 176 Å². The number of nitrogens with one attached hydrogen (secondary N) is 6. The Balaban J connectivity index is 3.10. The SMILES string of the molecule is O=C(O)CC1(O)CC(=O)ONOC(=O)CC(O)(C(=O)O)CC(=O)ONOC(=O)CC(O)C(=O)ONOC(=O)CC(O)C(=O)ONOC(=O)CC(O)(C(=O)O)CC(=O)ONOC(=O)CC(O)C(=O)ONOC1=O. The smallest absolute Gasteiger partial charge is 0.361 e. The fourth-order valence-electron chi connectivity index (χ4n) is 4.06. The van der Waals surface area contributed by atoms with E-state index < -0.39 is 182 Å². The summed E-state index contributed by atoms with van der Waals surface area (Å²) in [5, 5.41) is 88.2. The van der Waals surface area contributed by atoms with Crippen molar-refractivity contribution in [1.82, 2.24) is 33.9 Å². The summed E-state index contributed by atoms with van der Waals surface area (Å²) < 4.78 is 0. The normalized spacial score (nSPS) is 27.5. The molecule has 1 saturated heterocycles. The molecule has 0 saturated carbocycles. The van der Waals surface area contributed by atoms with Crippen LogP contribution in [0.1, 0.15) is 57.8 Å². The van der Waals surface area contributed by atoms with E-state index >= 15 is 0 Å². The van der Waals surface area contributed by atoms with Gasteiger partial charge in [0.05, 0.1) is 57.8 Å². The molecule has 42 nitrogen and oxygen atoms in total. The van der Waals surface area contributed by atoms with Crippen molar-refractivity contribution >= 4 is 89.5 Å². The Labute approximate surface area is 392 Å². The second kappa shape index (κ2) is 28.9. The van der Waals surface area contributed by atoms with Crippen molar-refractivity contribution in [3.8, 4) is 0 Å². The second-order valence-electron chi connectivity index (χ2n) is 13.3. The zero-order valence-corrected chi connectivity index (χ0v) is 35.1. The molecule has 72 heavy (non-hydrogen) atoms. The molecule has 402 valence electrons. The van der Waals surface area contributed by atoms with Gasteiger partial charge in [-0.2, -0.15) is 0 Å². The molecule has 0 aromatic carbocycles. The Morgan fingerprint density at radius 2 is 0.625 bits per heavy atom. The standard InChI is InChI=1S/C30H36N6O36/c37-10-1-14(42)61-31-64-17(45)5-28(58,25(53)54)7-19(47)66-33-67-21(49)9-30(60,4-13(40)41)27(57)72-36-71-24(52)12(39)2-15(43)62-32-65-18(46)6-29(59,26(55)56)8-20(48)68-35-70-23(51)11(38)3-16(44)63-34-69-22(10)50/h10-12,31-39,58-60H,1-9H2,(H,40,41)(H,53,54)(H,55,56). The minimum absolute atomic E-state index is 1.05. The summed E-state index contributed by atoms with van der Waals surface area (Å²) in [7, 11) is 0. The summed E-state index contributed by atoms with van der Waals surface area (Å²) in [5.74, 6) is -28.6. The highest BCUT2D eigenvalue weighted by Gasteiger charge is 2.46. The van der Waals surface area contributed by atoms with Crippen LogP contribution in [0.15, 0.2) is 0 Å². The van der Waals surface area contributed by atoms with E-state index in [9.17, 15) is 113 Å². The minimum atomic E-state index is -3.46. The van der Waals surface area contributed by atoms with Crippen LogP contribution in [0.25, 0.3) is 0 Å². The van der Waals surface area contributed by atoms with Crippen molar-refractivity contribution in [2.45, 2.75) is 92.9 Å². The van der Waals surface area contributed by atoms with Crippen molar-refractivity contribution in [3.63, 3.8) is 0 Å². The molecule has 0 spiro atoms. The first-order valence-corrected chi connectivity index (χ1v) is 18.2. The van der Waals surface area contributed by atoms with Gasteiger partial charge in [0.15, 0.2) is 35.1 Å². The van der Waals surface area contributed by atoms with Crippen molar-refractivity contribution in [3.05, 3.63) is 0 Å². The number of hydrogen-bond donors (Lipinski definition) is 15. The van der Waals surface area contributed by atoms with Crippen LogP contribution < -0.4 is 33.9 Å². The van der Waals surface area contributed by atoms with Crippen LogP contribution in [0.4, 0.5) is 0 Å². The lowest BCUT2D eigenvalue weighted by Crippen LogP contribution is -2.47. The van der Waals surface area contributed by atoms with E-state index in [1.807, 2.05) is 0 Å². The summed E-state index contributed by atoms with van der Waals surface area (Å²) in [6.07, 6.45) is -21.8. The van der Waals surface area contributed by atoms with Gasteiger partial charge in [0, 0.05) is 33.9 Å². The fraction of sp³-hybridized carbons (Fsp3) is 0.500. The van der Waals surface area contributed by atoms with Gasteiger partial charge in [-0.25, -0.2) is 28.8 Å². The molecule has 0 amide bonds. The first-order valence-electron chi connectivity index (χ1n) is 18.2. The molecular formula is C30H36N6O36. The molecule has 1 heterocycles. The predicted octanol–water partition coefficient (Wildman–Crippen LogP) is -10.9. The highest BCUT2D eigenvalue weighted by molar-refractivity contribution is 5.91. The van der Waals surface area contributed by atoms with E-state index in [4.69, 9.17) is 5.11 Å². The van der Waals surface area contributed by atoms with Crippen molar-refractivity contribution in [1.29, 1.82) is 0 Å². The first-order chi connectivity index (χ1) is 33.4. The lowest BCUT2D eigenvalue weighted by molar-refractivity contribution is -0.223. The number of carbonyl (C=O) groups excluding carboxylic acids is 12. The number of aliphatic hydroxyl groups is 6. The minimum Gasteiger partial charge on any atom is -0.481 e. The maximum Gasteiger partial charge on any atom is 0.361 e. The molecule has 15 N–H and O–H groups in total. The third-order valence-electron chi connectivity index (χ3n) is 7.51. The Morgan fingerprint density at radius 1 is 0.389 bits per heavy atom. The van der Waals surface area contributed by atoms with E-state index in [-0.39, 0.29) is 0 Å². The summed E-state index contributed by atoms with van der Waals surface area (Å²) in [6, 6.07) is 0. The summed E-state index contributed by atoms with van der Waals surface area (Å²) >= 11 is 0. The molecular weight excluding hydrogens is 1020 g/mol. The van der Waals surface area contributed by atoms with Crippen LogP contribution in [0.3, 0.4) is 0 Å². The average Bonchev–Trinajstić information content (AvgIpc) is 3.24. The third kappa shape index (κ3) is 22.8. The fourth-order valence-corrected chi connectivity index (χ4v) is 4.06. The lowest BCUT2D eigenvalue weighted by Gasteiger charge is -2.23. The van der Waals surface area contributed by atoms with Gasteiger partial charge in [-0.05, 0) is 0 Å². The Bertz CT molecular complexity index is 2100. The topological polar surface area (TPSA) is 621 Å². The summed E-state index contributed by atoms with van der Waals surface area (Å²) in [4.78, 5) is 228. The molecule has 1 aliphatic heterocycles. The average molecular weight is 1060 g/mol. The lowest BCUT2D eigenvalue weighted by atomic mass is 9.96. The second-order valence-corrected chi connectivity index (χ2v) is 13.3. The molecule has 0 radical (unpaired) electrons. The largest absolute Gasteiger partial charge is 0.481 e. The van der Waals surface area contributed by atoms with Gasteiger partial charge >= 0.3 is 89.5 Å². The number of aliphatic carboxylic acids is 3. The Morgan fingerprint density at radius 3 is 0.889 bits per heavy atom. The number of carboxylic acids is 3. The van der Waals surface area contributed by atoms with Gasteiger partial charge in [0.2, 0.25) is 0 Å². The number of rotatable bonds is 4. The quantitative estimate of drug-likeness (QED) is 0.116. The maximum atomic E-state index is 12.4. The molecule has 0 aromatic rings. The van der Waals surface area contributed by atoms with E-state index in [0.717, 1.165) is 28.2 Å². The molecule has 42 heteroatoms. The highest BCUT2D eigenvalue weighted by atomic mass is 17.0. The monoisotopic (exact) mass is 1060 g/mol. The molecule has 1 fully saturated rings. The van der Waals surface area contributed by atoms with E-state index in [0.29, 0.717) is 0 Å². The molecule has 6 unspecified atom stereocenters. The molecule has 1 aliphatic rings. The zero-order chi connectivity index (χ0) is 55.0. The van der Waals surface area contributed by atoms with Crippen molar-refractivity contribution in [2.24, 2.45) is 0 Å². The van der Waals surface area contributed by atoms with Crippen LogP contribution in [0.5, 0.6) is 0 Å². The Kier molecular flexibility index (Phi) is 24.7. The number of aliphatic hydroxyl groups excluding tert-OH is 3. The third-order valence-corrected chi connectivity index (χ3v) is 7.51. The summed E-state index contributed by atoms with van der Waals surface area (Å²) in [6.45, 7) is 0. The molecule has 6 atom stereocenters. The predicted molar refractivity (Wildman–Crippen MR) is 189 cm³/mol. The number of hydrogen-bond acceptors (Lipinski definition) is 39. The Hall–Kier alpha value is -8.43. The van der Waals surface area contributed by atoms with Gasteiger partial charge in [-0.1, -0.05) is 0 Å². The molecule has 1 rings (SSSR count). The molecule has 0 aliphatic carbocycles. The summed E-state index contributed by atoms with van der Waals surface area (Å²) in [5.41, 5.74) is -3.50. The van der Waals surface area contributed by atoms with Gasteiger partial charge in [0.1, 0.15) is 0 Å². The van der Waals surface area contributed by atoms with E-state index in [2.05, 4.69) is 58.1 Å². The van der Waals surface area contributed by atoms with Gasteiger partial charge < -0.3 is 104 Å². The number of carbonyl (C=O) groups is 15. The van der Waals surface area contributed by atoms with Crippen LogP contribution in [-0.4, -0.2) is 171 Å². The van der Waals surface area contributed by atoms with E-state index in [1.54, 1.807) is 0 Å². The van der Waals surface area contributed by atoms with Gasteiger partial charge in [-0.15, -0.1) is 0 Å². The first kappa shape index (κ1) is 61.6. The maximum absolute atomic E-state index is 12.4. The van der Waals surface area contributed by atoms with Crippen LogP contribution in [-0.2, 0) is 130 Å². The van der Waals surface area contributed by atoms with E-state index in [1.165, 1.54) is 5.64 Å². The molecule has 0 bridgehead atoms. The van der Waals surface area contributed by atoms with Gasteiger partial charge in [-0.3, -0.25) is 43.2 Å². The van der Waals surface area contributed by atoms with Crippen LogP contribution >= 0.6 is 0 Å². The number of carboxylic acid groups (broad SMARTS) is 3. The van der Waals surface area contributed by atoms with Crippen LogP contribution in [0.2, 0.25) is 0 Å². The van der Waals surface area contributed by atoms with Gasteiger partial charge in [0.25, 0.3) is 0 Å².